The van der Waals surface area contributed by atoms with Crippen LogP contribution >= 0.6 is 0 Å². The number of nitrogens with zero attached hydrogens (tertiary/aromatic N) is 1. The second kappa shape index (κ2) is 8.09. The van der Waals surface area contributed by atoms with Crippen LogP contribution in [-0.4, -0.2) is 26.8 Å². The Bertz CT molecular complexity index is 1120. The number of amides is 1. The summed E-state index contributed by atoms with van der Waals surface area (Å²) in [5, 5.41) is 14.2. The number of hydrogen-bond acceptors (Lipinski definition) is 3. The smallest absolute Gasteiger partial charge is 0.305 e. The van der Waals surface area contributed by atoms with E-state index in [2.05, 4.69) is 10.4 Å². The highest BCUT2D eigenvalue weighted by atomic mass is 19.1. The molecule has 0 spiro atoms. The number of H-pyrrole nitrogens is 1. The molecule has 0 aliphatic heterocycles. The Kier molecular flexibility index (Phi) is 5.58. The van der Waals surface area contributed by atoms with E-state index < -0.39 is 35.1 Å². The van der Waals surface area contributed by atoms with Gasteiger partial charge in [0.05, 0.1) is 12.5 Å². The molecule has 0 radical (unpaired) electrons. The summed E-state index contributed by atoms with van der Waals surface area (Å²) in [7, 11) is 0. The topological polar surface area (TPSA) is 104 Å². The van der Waals surface area contributed by atoms with Crippen molar-refractivity contribution in [3.63, 3.8) is 0 Å². The van der Waals surface area contributed by atoms with Crippen molar-refractivity contribution >= 4 is 11.9 Å². The zero-order valence-electron chi connectivity index (χ0n) is 15.3. The first-order chi connectivity index (χ1) is 13.7. The predicted molar refractivity (Wildman–Crippen MR) is 99.9 cm³/mol. The highest BCUT2D eigenvalue weighted by Crippen LogP contribution is 2.18. The molecule has 2 aromatic carbocycles. The van der Waals surface area contributed by atoms with Gasteiger partial charge in [-0.2, -0.15) is 0 Å². The first-order valence-electron chi connectivity index (χ1n) is 8.61. The molecule has 1 aromatic heterocycles. The molecule has 29 heavy (non-hydrogen) atoms. The molecular weight excluding hydrogens is 384 g/mol. The first-order valence-corrected chi connectivity index (χ1v) is 8.61. The molecule has 3 rings (SSSR count). The third kappa shape index (κ3) is 4.57. The number of nitrogens with one attached hydrogen (secondary N) is 2. The van der Waals surface area contributed by atoms with Gasteiger partial charge < -0.3 is 10.4 Å². The first kappa shape index (κ1) is 20.0. The second-order valence-corrected chi connectivity index (χ2v) is 6.47. The van der Waals surface area contributed by atoms with Crippen LogP contribution in [-0.2, 0) is 4.79 Å². The lowest BCUT2D eigenvalue weighted by molar-refractivity contribution is -0.137. The van der Waals surface area contributed by atoms with Gasteiger partial charge >= 0.3 is 5.97 Å². The molecule has 3 aromatic rings. The van der Waals surface area contributed by atoms with Gasteiger partial charge in [0.25, 0.3) is 11.5 Å². The maximum absolute atomic E-state index is 13.9. The standard InChI is InChI=1S/C20H17F2N3O4/c1-11-2-4-12(5-3-11)15(10-19(27)28)23-20(29)16-9-18(26)25(24-16)17-7-6-13(21)8-14(17)22/h2-9,15,24H,10H2,1H3,(H,23,29)(H,27,28)/t15-/m0/s1. The van der Waals surface area contributed by atoms with Crippen molar-refractivity contribution < 1.29 is 23.5 Å². The highest BCUT2D eigenvalue weighted by molar-refractivity contribution is 5.92. The van der Waals surface area contributed by atoms with E-state index in [-0.39, 0.29) is 17.8 Å². The lowest BCUT2D eigenvalue weighted by Gasteiger charge is -2.17. The third-order valence-corrected chi connectivity index (χ3v) is 4.28. The van der Waals surface area contributed by atoms with Crippen molar-refractivity contribution in [2.45, 2.75) is 19.4 Å². The number of carbonyl (C=O) groups is 2. The Morgan fingerprint density at radius 1 is 1.14 bits per heavy atom. The summed E-state index contributed by atoms with van der Waals surface area (Å²) < 4.78 is 27.8. The van der Waals surface area contributed by atoms with Crippen LogP contribution in [0.15, 0.2) is 53.3 Å². The number of aromatic nitrogens is 2. The number of carboxylic acids is 1. The van der Waals surface area contributed by atoms with Crippen LogP contribution in [0.25, 0.3) is 5.69 Å². The molecule has 0 saturated heterocycles. The number of aliphatic carboxylic acids is 1. The Labute approximate surface area is 163 Å². The minimum Gasteiger partial charge on any atom is -0.481 e. The molecule has 0 aliphatic carbocycles. The van der Waals surface area contributed by atoms with Gasteiger partial charge in [-0.05, 0) is 24.6 Å². The molecule has 1 heterocycles. The summed E-state index contributed by atoms with van der Waals surface area (Å²) in [4.78, 5) is 35.9. The molecule has 0 unspecified atom stereocenters. The van der Waals surface area contributed by atoms with Crippen LogP contribution in [0.5, 0.6) is 0 Å². The normalized spacial score (nSPS) is 11.8. The van der Waals surface area contributed by atoms with Crippen molar-refractivity contribution in [1.82, 2.24) is 15.1 Å². The number of hydrogen-bond donors (Lipinski definition) is 3. The predicted octanol–water partition coefficient (Wildman–Crippen LogP) is 2.70. The van der Waals surface area contributed by atoms with E-state index in [4.69, 9.17) is 5.11 Å². The van der Waals surface area contributed by atoms with Crippen molar-refractivity contribution in [2.75, 3.05) is 0 Å². The van der Waals surface area contributed by atoms with E-state index in [9.17, 15) is 23.2 Å². The molecule has 150 valence electrons. The average molecular weight is 401 g/mol. The Hall–Kier alpha value is -3.75. The van der Waals surface area contributed by atoms with Crippen molar-refractivity contribution in [2.24, 2.45) is 0 Å². The maximum Gasteiger partial charge on any atom is 0.305 e. The van der Waals surface area contributed by atoms with E-state index in [1.54, 1.807) is 24.3 Å². The average Bonchev–Trinajstić information content (AvgIpc) is 3.03. The Morgan fingerprint density at radius 2 is 1.83 bits per heavy atom. The SMILES string of the molecule is Cc1ccc([C@H](CC(=O)O)NC(=O)c2cc(=O)n(-c3ccc(F)cc3F)[nH]2)cc1. The van der Waals surface area contributed by atoms with Gasteiger partial charge in [-0.1, -0.05) is 29.8 Å². The van der Waals surface area contributed by atoms with Crippen LogP contribution in [0.2, 0.25) is 0 Å². The van der Waals surface area contributed by atoms with Gasteiger partial charge in [-0.3, -0.25) is 19.5 Å². The molecular formula is C20H17F2N3O4. The van der Waals surface area contributed by atoms with Gasteiger partial charge in [0.2, 0.25) is 0 Å². The minimum atomic E-state index is -1.12. The van der Waals surface area contributed by atoms with Gasteiger partial charge in [-0.15, -0.1) is 0 Å². The Balaban J connectivity index is 1.88. The molecule has 0 aliphatic rings. The van der Waals surface area contributed by atoms with Crippen molar-refractivity contribution in [1.29, 1.82) is 0 Å². The van der Waals surface area contributed by atoms with Crippen LogP contribution < -0.4 is 10.9 Å². The van der Waals surface area contributed by atoms with Crippen molar-refractivity contribution in [3.8, 4) is 5.69 Å². The summed E-state index contributed by atoms with van der Waals surface area (Å²) in [6, 6.07) is 9.73. The minimum absolute atomic E-state index is 0.193. The number of halogens is 2. The maximum atomic E-state index is 13.9. The summed E-state index contributed by atoms with van der Waals surface area (Å²) in [5.74, 6) is -3.65. The van der Waals surface area contributed by atoms with Crippen LogP contribution in [0.3, 0.4) is 0 Å². The quantitative estimate of drug-likeness (QED) is 0.591. The summed E-state index contributed by atoms with van der Waals surface area (Å²) in [6.07, 6.45) is -0.369. The number of aryl methyl sites for hydroxylation is 1. The molecule has 1 atom stereocenters. The lowest BCUT2D eigenvalue weighted by Crippen LogP contribution is -2.30. The lowest BCUT2D eigenvalue weighted by atomic mass is 10.0. The molecule has 1 amide bonds. The van der Waals surface area contributed by atoms with Crippen molar-refractivity contribution in [3.05, 3.63) is 87.3 Å². The van der Waals surface area contributed by atoms with Gasteiger partial charge in [0.15, 0.2) is 5.82 Å². The van der Waals surface area contributed by atoms with Crippen LogP contribution in [0, 0.1) is 18.6 Å². The molecule has 3 N–H and O–H groups in total. The molecule has 9 heteroatoms. The molecule has 7 nitrogen and oxygen atoms in total. The number of rotatable bonds is 6. The Morgan fingerprint density at radius 3 is 2.45 bits per heavy atom. The summed E-state index contributed by atoms with van der Waals surface area (Å²) >= 11 is 0. The molecule has 0 saturated carbocycles. The fourth-order valence-corrected chi connectivity index (χ4v) is 2.82. The van der Waals surface area contributed by atoms with E-state index in [0.29, 0.717) is 11.6 Å². The number of aromatic amines is 1. The number of carboxylic acid groups (broad SMARTS) is 1. The number of benzene rings is 2. The van der Waals surface area contributed by atoms with Gasteiger partial charge in [-0.25, -0.2) is 13.5 Å². The zero-order valence-corrected chi connectivity index (χ0v) is 15.3. The van der Waals surface area contributed by atoms with E-state index in [0.717, 1.165) is 28.4 Å². The van der Waals surface area contributed by atoms with E-state index in [1.165, 1.54) is 0 Å². The molecule has 0 fully saturated rings. The monoisotopic (exact) mass is 401 g/mol. The third-order valence-electron chi connectivity index (χ3n) is 4.28. The van der Waals surface area contributed by atoms with Gasteiger partial charge in [0, 0.05) is 12.1 Å². The van der Waals surface area contributed by atoms with Gasteiger partial charge in [0.1, 0.15) is 17.2 Å². The van der Waals surface area contributed by atoms with E-state index >= 15 is 0 Å². The van der Waals surface area contributed by atoms with Crippen LogP contribution in [0.4, 0.5) is 8.78 Å². The fourth-order valence-electron chi connectivity index (χ4n) is 2.82. The fraction of sp³-hybridized carbons (Fsp3) is 0.150. The summed E-state index contributed by atoms with van der Waals surface area (Å²) in [5.41, 5.74) is 0.373. The number of carbonyl (C=O) groups excluding carboxylic acids is 1. The zero-order chi connectivity index (χ0) is 21.1. The second-order valence-electron chi connectivity index (χ2n) is 6.47. The largest absolute Gasteiger partial charge is 0.481 e. The van der Waals surface area contributed by atoms with E-state index in [1.807, 2.05) is 6.92 Å². The highest BCUT2D eigenvalue weighted by Gasteiger charge is 2.21. The van der Waals surface area contributed by atoms with Crippen LogP contribution in [0.1, 0.15) is 34.1 Å². The molecule has 0 bridgehead atoms. The summed E-state index contributed by atoms with van der Waals surface area (Å²) in [6.45, 7) is 1.87.